The van der Waals surface area contributed by atoms with Crippen LogP contribution in [0.1, 0.15) is 37.1 Å². The molecule has 1 saturated heterocycles. The van der Waals surface area contributed by atoms with Crippen molar-refractivity contribution in [2.45, 2.75) is 32.2 Å². The van der Waals surface area contributed by atoms with E-state index < -0.39 is 0 Å². The van der Waals surface area contributed by atoms with Gasteiger partial charge >= 0.3 is 6.03 Å². The van der Waals surface area contributed by atoms with Gasteiger partial charge in [0.25, 0.3) is 0 Å². The minimum Gasteiger partial charge on any atom is -0.467 e. The molecule has 3 rings (SSSR count). The summed E-state index contributed by atoms with van der Waals surface area (Å²) in [5.74, 6) is 0.867. The molecule has 2 aromatic rings. The molecule has 1 aromatic heterocycles. The Labute approximate surface area is 124 Å². The molecule has 21 heavy (non-hydrogen) atoms. The number of rotatable bonds is 3. The summed E-state index contributed by atoms with van der Waals surface area (Å²) in [5.41, 5.74) is 2.05. The second-order valence-electron chi connectivity index (χ2n) is 5.31. The van der Waals surface area contributed by atoms with E-state index in [0.29, 0.717) is 0 Å². The molecule has 0 spiro atoms. The molecule has 1 N–H and O–H groups in total. The SMILES string of the molecule is CCc1ccccc1NC(=O)N1CCCC1c1ccco1. The van der Waals surface area contributed by atoms with E-state index in [1.807, 2.05) is 41.3 Å². The number of aryl methyl sites for hydroxylation is 1. The molecule has 1 aliphatic heterocycles. The van der Waals surface area contributed by atoms with E-state index in [1.165, 1.54) is 0 Å². The molecule has 2 amide bonds. The zero-order valence-electron chi connectivity index (χ0n) is 12.2. The van der Waals surface area contributed by atoms with Crippen molar-refractivity contribution < 1.29 is 9.21 Å². The van der Waals surface area contributed by atoms with Gasteiger partial charge in [-0.25, -0.2) is 4.79 Å². The number of anilines is 1. The lowest BCUT2D eigenvalue weighted by atomic mass is 10.1. The molecule has 2 heterocycles. The fourth-order valence-electron chi connectivity index (χ4n) is 2.92. The highest BCUT2D eigenvalue weighted by Crippen LogP contribution is 2.32. The first-order chi connectivity index (χ1) is 10.3. The number of benzene rings is 1. The van der Waals surface area contributed by atoms with Crippen molar-refractivity contribution in [3.63, 3.8) is 0 Å². The van der Waals surface area contributed by atoms with Crippen molar-refractivity contribution in [2.75, 3.05) is 11.9 Å². The molecule has 1 aliphatic rings. The summed E-state index contributed by atoms with van der Waals surface area (Å²) >= 11 is 0. The van der Waals surface area contributed by atoms with Gasteiger partial charge in [-0.3, -0.25) is 0 Å². The van der Waals surface area contributed by atoms with Crippen LogP contribution >= 0.6 is 0 Å². The molecule has 1 aromatic carbocycles. The number of amides is 2. The molecule has 0 saturated carbocycles. The van der Waals surface area contributed by atoms with Crippen LogP contribution in [0.25, 0.3) is 0 Å². The Morgan fingerprint density at radius 2 is 2.19 bits per heavy atom. The minimum atomic E-state index is -0.0465. The monoisotopic (exact) mass is 284 g/mol. The lowest BCUT2D eigenvalue weighted by molar-refractivity contribution is 0.200. The van der Waals surface area contributed by atoms with Crippen LogP contribution in [0.4, 0.5) is 10.5 Å². The van der Waals surface area contributed by atoms with Crippen LogP contribution in [0, 0.1) is 0 Å². The van der Waals surface area contributed by atoms with E-state index in [9.17, 15) is 4.79 Å². The van der Waals surface area contributed by atoms with Gasteiger partial charge in [-0.15, -0.1) is 0 Å². The third kappa shape index (κ3) is 2.79. The maximum Gasteiger partial charge on any atom is 0.322 e. The third-order valence-corrected chi connectivity index (χ3v) is 4.03. The van der Waals surface area contributed by atoms with Crippen molar-refractivity contribution in [2.24, 2.45) is 0 Å². The van der Waals surface area contributed by atoms with Gasteiger partial charge in [0, 0.05) is 12.2 Å². The number of para-hydroxylation sites is 1. The summed E-state index contributed by atoms with van der Waals surface area (Å²) in [6.45, 7) is 2.86. The molecular weight excluding hydrogens is 264 g/mol. The van der Waals surface area contributed by atoms with Gasteiger partial charge in [-0.1, -0.05) is 25.1 Å². The third-order valence-electron chi connectivity index (χ3n) is 4.03. The Hall–Kier alpha value is -2.23. The number of carbonyl (C=O) groups is 1. The van der Waals surface area contributed by atoms with Gasteiger partial charge in [0.2, 0.25) is 0 Å². The maximum atomic E-state index is 12.6. The molecule has 4 nitrogen and oxygen atoms in total. The average molecular weight is 284 g/mol. The van der Waals surface area contributed by atoms with E-state index in [4.69, 9.17) is 4.42 Å². The minimum absolute atomic E-state index is 0.0465. The van der Waals surface area contributed by atoms with Crippen molar-refractivity contribution in [3.8, 4) is 0 Å². The average Bonchev–Trinajstić information content (AvgIpc) is 3.18. The van der Waals surface area contributed by atoms with Crippen LogP contribution < -0.4 is 5.32 Å². The molecule has 0 aliphatic carbocycles. The number of nitrogens with one attached hydrogen (secondary N) is 1. The van der Waals surface area contributed by atoms with Crippen molar-refractivity contribution in [1.29, 1.82) is 0 Å². The second-order valence-corrected chi connectivity index (χ2v) is 5.31. The molecular formula is C17H20N2O2. The van der Waals surface area contributed by atoms with Crippen molar-refractivity contribution >= 4 is 11.7 Å². The van der Waals surface area contributed by atoms with Crippen molar-refractivity contribution in [3.05, 3.63) is 54.0 Å². The van der Waals surface area contributed by atoms with Gasteiger partial charge in [0.05, 0.1) is 12.3 Å². The largest absolute Gasteiger partial charge is 0.467 e. The number of hydrogen-bond donors (Lipinski definition) is 1. The summed E-state index contributed by atoms with van der Waals surface area (Å²) in [6, 6.07) is 11.8. The Bertz CT molecular complexity index is 607. The number of furan rings is 1. The molecule has 1 fully saturated rings. The Morgan fingerprint density at radius 3 is 2.95 bits per heavy atom. The van der Waals surface area contributed by atoms with E-state index in [2.05, 4.69) is 12.2 Å². The van der Waals surface area contributed by atoms with E-state index in [-0.39, 0.29) is 12.1 Å². The Balaban J connectivity index is 1.75. The van der Waals surface area contributed by atoms with Crippen LogP contribution in [-0.4, -0.2) is 17.5 Å². The number of carbonyl (C=O) groups excluding carboxylic acids is 1. The molecule has 1 unspecified atom stereocenters. The summed E-state index contributed by atoms with van der Waals surface area (Å²) in [4.78, 5) is 14.4. The van der Waals surface area contributed by atoms with E-state index >= 15 is 0 Å². The van der Waals surface area contributed by atoms with E-state index in [1.54, 1.807) is 6.26 Å². The topological polar surface area (TPSA) is 45.5 Å². The second kappa shape index (κ2) is 6.04. The van der Waals surface area contributed by atoms with Crippen LogP contribution in [0.3, 0.4) is 0 Å². The summed E-state index contributed by atoms with van der Waals surface area (Å²) in [5, 5.41) is 3.04. The van der Waals surface area contributed by atoms with Gasteiger partial charge in [0.1, 0.15) is 5.76 Å². The number of likely N-dealkylation sites (tertiary alicyclic amines) is 1. The van der Waals surface area contributed by atoms with Crippen molar-refractivity contribution in [1.82, 2.24) is 4.90 Å². The Kier molecular flexibility index (Phi) is 3.95. The normalized spacial score (nSPS) is 18.0. The van der Waals surface area contributed by atoms with Crippen LogP contribution in [-0.2, 0) is 6.42 Å². The maximum absolute atomic E-state index is 12.6. The van der Waals surface area contributed by atoms with Gasteiger partial charge in [-0.05, 0) is 43.0 Å². The summed E-state index contributed by atoms with van der Waals surface area (Å²) in [6.07, 6.45) is 4.53. The smallest absolute Gasteiger partial charge is 0.322 e. The number of hydrogen-bond acceptors (Lipinski definition) is 2. The summed E-state index contributed by atoms with van der Waals surface area (Å²) in [7, 11) is 0. The fraction of sp³-hybridized carbons (Fsp3) is 0.353. The Morgan fingerprint density at radius 1 is 1.33 bits per heavy atom. The van der Waals surface area contributed by atoms with E-state index in [0.717, 1.165) is 42.8 Å². The molecule has 0 bridgehead atoms. The fourth-order valence-corrected chi connectivity index (χ4v) is 2.92. The lowest BCUT2D eigenvalue weighted by Gasteiger charge is -2.24. The summed E-state index contributed by atoms with van der Waals surface area (Å²) < 4.78 is 5.47. The quantitative estimate of drug-likeness (QED) is 0.917. The number of urea groups is 1. The predicted octanol–water partition coefficient (Wildman–Crippen LogP) is 4.21. The molecule has 0 radical (unpaired) electrons. The molecule has 110 valence electrons. The zero-order valence-corrected chi connectivity index (χ0v) is 12.2. The highest BCUT2D eigenvalue weighted by Gasteiger charge is 2.31. The predicted molar refractivity (Wildman–Crippen MR) is 82.2 cm³/mol. The highest BCUT2D eigenvalue weighted by atomic mass is 16.3. The van der Waals surface area contributed by atoms with Gasteiger partial charge < -0.3 is 14.6 Å². The van der Waals surface area contributed by atoms with Gasteiger partial charge in [-0.2, -0.15) is 0 Å². The van der Waals surface area contributed by atoms with Crippen LogP contribution in [0.5, 0.6) is 0 Å². The first kappa shape index (κ1) is 13.7. The lowest BCUT2D eigenvalue weighted by Crippen LogP contribution is -2.34. The van der Waals surface area contributed by atoms with Crippen LogP contribution in [0.15, 0.2) is 47.1 Å². The van der Waals surface area contributed by atoms with Gasteiger partial charge in [0.15, 0.2) is 0 Å². The molecule has 1 atom stereocenters. The standard InChI is InChI=1S/C17H20N2O2/c1-2-13-7-3-4-8-14(13)18-17(20)19-11-5-9-15(19)16-10-6-12-21-16/h3-4,6-8,10,12,15H,2,5,9,11H2,1H3,(H,18,20). The zero-order chi connectivity index (χ0) is 14.7. The first-order valence-electron chi connectivity index (χ1n) is 7.48. The first-order valence-corrected chi connectivity index (χ1v) is 7.48. The number of nitrogens with zero attached hydrogens (tertiary/aromatic N) is 1. The highest BCUT2D eigenvalue weighted by molar-refractivity contribution is 5.90. The molecule has 4 heteroatoms. The van der Waals surface area contributed by atoms with Crippen LogP contribution in [0.2, 0.25) is 0 Å².